The van der Waals surface area contributed by atoms with Crippen LogP contribution in [0.25, 0.3) is 11.1 Å². The van der Waals surface area contributed by atoms with Crippen molar-refractivity contribution in [2.45, 2.75) is 13.8 Å². The van der Waals surface area contributed by atoms with Crippen LogP contribution in [0.1, 0.15) is 13.8 Å². The Morgan fingerprint density at radius 2 is 1.42 bits per heavy atom. The summed E-state index contributed by atoms with van der Waals surface area (Å²) in [5.41, 5.74) is 1.35. The Morgan fingerprint density at radius 3 is 2.00 bits per heavy atom. The molecule has 0 unspecified atom stereocenters. The summed E-state index contributed by atoms with van der Waals surface area (Å²) in [5.74, 6) is -0.854. The van der Waals surface area contributed by atoms with E-state index in [4.69, 9.17) is 23.7 Å². The van der Waals surface area contributed by atoms with Gasteiger partial charge in [0.25, 0.3) is 0 Å². The van der Waals surface area contributed by atoms with Crippen molar-refractivity contribution in [1.82, 2.24) is 0 Å². The number of hydrogen-bond acceptors (Lipinski definition) is 7. The number of carbonyl (C=O) groups excluding carboxylic acids is 2. The van der Waals surface area contributed by atoms with E-state index in [2.05, 4.69) is 13.2 Å². The van der Waals surface area contributed by atoms with Crippen LogP contribution in [0.5, 0.6) is 17.2 Å². The van der Waals surface area contributed by atoms with Crippen molar-refractivity contribution in [3.8, 4) is 28.4 Å². The number of benzene rings is 2. The molecule has 33 heavy (non-hydrogen) atoms. The van der Waals surface area contributed by atoms with Crippen molar-refractivity contribution in [2.24, 2.45) is 0 Å². The van der Waals surface area contributed by atoms with Crippen LogP contribution in [0.15, 0.2) is 60.7 Å². The second-order valence-corrected chi connectivity index (χ2v) is 7.08. The SMILES string of the molecule is C=C(C)C(=O)OCCOc1cc(F)c(-c2ccc(OC(=O)C(=C)C)cc2)cc1OCCOC. The second-order valence-electron chi connectivity index (χ2n) is 7.08. The summed E-state index contributed by atoms with van der Waals surface area (Å²) in [5, 5.41) is 0. The standard InChI is InChI=1S/C25H27FO7/c1-16(2)24(27)32-13-12-31-23-15-21(26)20(14-22(23)30-11-10-29-5)18-6-8-19(9-7-18)33-25(28)17(3)4/h6-9,14-15H,1,3,10-13H2,2,4-5H3. The van der Waals surface area contributed by atoms with Crippen molar-refractivity contribution >= 4 is 11.9 Å². The van der Waals surface area contributed by atoms with Gasteiger partial charge < -0.3 is 23.7 Å². The molecule has 0 aliphatic heterocycles. The Bertz CT molecular complexity index is 1010. The summed E-state index contributed by atoms with van der Waals surface area (Å²) in [4.78, 5) is 23.1. The van der Waals surface area contributed by atoms with Gasteiger partial charge in [-0.15, -0.1) is 0 Å². The number of carbonyl (C=O) groups is 2. The quantitative estimate of drug-likeness (QED) is 0.201. The molecule has 0 fully saturated rings. The van der Waals surface area contributed by atoms with Gasteiger partial charge in [-0.1, -0.05) is 25.3 Å². The van der Waals surface area contributed by atoms with E-state index in [1.807, 2.05) is 0 Å². The lowest BCUT2D eigenvalue weighted by Crippen LogP contribution is -2.13. The minimum atomic E-state index is -0.547. The van der Waals surface area contributed by atoms with Gasteiger partial charge in [0.15, 0.2) is 11.5 Å². The maximum Gasteiger partial charge on any atom is 0.338 e. The van der Waals surface area contributed by atoms with Crippen LogP contribution in [0.4, 0.5) is 4.39 Å². The minimum absolute atomic E-state index is 0.00122. The van der Waals surface area contributed by atoms with Crippen LogP contribution in [-0.2, 0) is 19.1 Å². The highest BCUT2D eigenvalue weighted by atomic mass is 19.1. The Labute approximate surface area is 192 Å². The van der Waals surface area contributed by atoms with E-state index in [0.717, 1.165) is 0 Å². The number of hydrogen-bond donors (Lipinski definition) is 0. The third-order valence-corrected chi connectivity index (χ3v) is 4.23. The molecule has 0 spiro atoms. The van der Waals surface area contributed by atoms with Crippen molar-refractivity contribution in [2.75, 3.05) is 33.5 Å². The Kier molecular flexibility index (Phi) is 9.62. The van der Waals surface area contributed by atoms with E-state index in [-0.39, 0.29) is 42.3 Å². The predicted octanol–water partition coefficient (Wildman–Crippen LogP) is 4.50. The van der Waals surface area contributed by atoms with Gasteiger partial charge in [0.2, 0.25) is 0 Å². The topological polar surface area (TPSA) is 80.3 Å². The normalized spacial score (nSPS) is 10.3. The lowest BCUT2D eigenvalue weighted by atomic mass is 10.0. The molecule has 2 aromatic rings. The third-order valence-electron chi connectivity index (χ3n) is 4.23. The molecule has 0 N–H and O–H groups in total. The monoisotopic (exact) mass is 458 g/mol. The van der Waals surface area contributed by atoms with Gasteiger partial charge in [-0.3, -0.25) is 0 Å². The molecule has 0 bridgehead atoms. The molecular weight excluding hydrogens is 431 g/mol. The summed E-state index contributed by atoms with van der Waals surface area (Å²) in [6, 6.07) is 9.07. The smallest absolute Gasteiger partial charge is 0.338 e. The highest BCUT2D eigenvalue weighted by Gasteiger charge is 2.15. The van der Waals surface area contributed by atoms with Crippen molar-refractivity contribution in [3.05, 3.63) is 66.5 Å². The summed E-state index contributed by atoms with van der Waals surface area (Å²) in [6.07, 6.45) is 0. The fourth-order valence-electron chi connectivity index (χ4n) is 2.52. The molecule has 0 aromatic heterocycles. The van der Waals surface area contributed by atoms with Gasteiger partial charge in [0.05, 0.1) is 6.61 Å². The van der Waals surface area contributed by atoms with E-state index in [0.29, 0.717) is 23.7 Å². The third kappa shape index (κ3) is 7.76. The molecule has 8 heteroatoms. The largest absolute Gasteiger partial charge is 0.487 e. The van der Waals surface area contributed by atoms with Crippen LogP contribution >= 0.6 is 0 Å². The number of halogens is 1. The number of ether oxygens (including phenoxy) is 5. The first-order valence-electron chi connectivity index (χ1n) is 10.1. The summed E-state index contributed by atoms with van der Waals surface area (Å²) < 4.78 is 41.3. The van der Waals surface area contributed by atoms with Crippen LogP contribution < -0.4 is 14.2 Å². The summed E-state index contributed by atoms with van der Waals surface area (Å²) in [6.45, 7) is 10.6. The van der Waals surface area contributed by atoms with E-state index < -0.39 is 17.8 Å². The maximum atomic E-state index is 14.9. The van der Waals surface area contributed by atoms with Gasteiger partial charge in [-0.2, -0.15) is 0 Å². The fourth-order valence-corrected chi connectivity index (χ4v) is 2.52. The van der Waals surface area contributed by atoms with Crippen LogP contribution in [0.2, 0.25) is 0 Å². The molecule has 0 saturated heterocycles. The number of methoxy groups -OCH3 is 1. The van der Waals surface area contributed by atoms with Crippen molar-refractivity contribution in [3.63, 3.8) is 0 Å². The highest BCUT2D eigenvalue weighted by molar-refractivity contribution is 5.89. The maximum absolute atomic E-state index is 14.9. The Balaban J connectivity index is 2.20. The Morgan fingerprint density at radius 1 is 0.848 bits per heavy atom. The molecule has 2 aromatic carbocycles. The van der Waals surface area contributed by atoms with Gasteiger partial charge >= 0.3 is 11.9 Å². The Hall–Kier alpha value is -3.65. The fraction of sp³-hybridized carbons (Fsp3) is 0.280. The molecule has 0 aliphatic rings. The van der Waals surface area contributed by atoms with E-state index in [9.17, 15) is 14.0 Å². The molecule has 0 saturated carbocycles. The molecule has 0 heterocycles. The van der Waals surface area contributed by atoms with E-state index in [1.165, 1.54) is 26.2 Å². The van der Waals surface area contributed by atoms with Gasteiger partial charge in [-0.25, -0.2) is 14.0 Å². The number of rotatable bonds is 12. The molecule has 2 rings (SSSR count). The van der Waals surface area contributed by atoms with E-state index in [1.54, 1.807) is 31.2 Å². The molecule has 0 aliphatic carbocycles. The first kappa shape index (κ1) is 25.6. The lowest BCUT2D eigenvalue weighted by molar-refractivity contribution is -0.139. The second kappa shape index (κ2) is 12.4. The number of esters is 2. The predicted molar refractivity (Wildman–Crippen MR) is 121 cm³/mol. The molecule has 0 atom stereocenters. The van der Waals surface area contributed by atoms with Crippen molar-refractivity contribution in [1.29, 1.82) is 0 Å². The summed E-state index contributed by atoms with van der Waals surface area (Å²) >= 11 is 0. The van der Waals surface area contributed by atoms with Crippen LogP contribution in [0.3, 0.4) is 0 Å². The molecular formula is C25H27FO7. The first-order chi connectivity index (χ1) is 15.7. The van der Waals surface area contributed by atoms with Gasteiger partial charge in [0.1, 0.15) is 31.4 Å². The molecule has 0 amide bonds. The average Bonchev–Trinajstić information content (AvgIpc) is 2.78. The van der Waals surface area contributed by atoms with Gasteiger partial charge in [0, 0.05) is 29.9 Å². The molecule has 176 valence electrons. The van der Waals surface area contributed by atoms with Gasteiger partial charge in [-0.05, 0) is 37.6 Å². The van der Waals surface area contributed by atoms with Crippen molar-refractivity contribution < 1.29 is 37.7 Å². The zero-order valence-electron chi connectivity index (χ0n) is 18.9. The minimum Gasteiger partial charge on any atom is -0.487 e. The lowest BCUT2D eigenvalue weighted by Gasteiger charge is -2.15. The zero-order chi connectivity index (χ0) is 24.4. The zero-order valence-corrected chi connectivity index (χ0v) is 18.9. The molecule has 0 radical (unpaired) electrons. The highest BCUT2D eigenvalue weighted by Crippen LogP contribution is 2.36. The van der Waals surface area contributed by atoms with E-state index >= 15 is 0 Å². The summed E-state index contributed by atoms with van der Waals surface area (Å²) in [7, 11) is 1.54. The van der Waals surface area contributed by atoms with Crippen LogP contribution in [0, 0.1) is 5.82 Å². The molecule has 7 nitrogen and oxygen atoms in total. The van der Waals surface area contributed by atoms with Crippen LogP contribution in [-0.4, -0.2) is 45.5 Å². The average molecular weight is 458 g/mol. The first-order valence-corrected chi connectivity index (χ1v) is 10.1.